The van der Waals surface area contributed by atoms with Crippen LogP contribution >= 0.6 is 0 Å². The molecule has 0 aromatic heterocycles. The van der Waals surface area contributed by atoms with Gasteiger partial charge in [-0.3, -0.25) is 0 Å². The summed E-state index contributed by atoms with van der Waals surface area (Å²) in [6.45, 7) is 3.70. The van der Waals surface area contributed by atoms with Crippen LogP contribution in [-0.2, 0) is 9.84 Å². The van der Waals surface area contributed by atoms with Crippen molar-refractivity contribution in [2.75, 3.05) is 11.5 Å². The maximum absolute atomic E-state index is 12.6. The Morgan fingerprint density at radius 2 is 1.37 bits per heavy atom. The molecule has 4 N–H and O–H groups in total. The van der Waals surface area contributed by atoms with Gasteiger partial charge in [-0.1, -0.05) is 12.1 Å². The van der Waals surface area contributed by atoms with Crippen molar-refractivity contribution in [3.63, 3.8) is 0 Å². The van der Waals surface area contributed by atoms with Crippen LogP contribution in [0.2, 0.25) is 0 Å². The molecule has 0 aliphatic heterocycles. The fraction of sp³-hybridized carbons (Fsp3) is 0.143. The van der Waals surface area contributed by atoms with E-state index in [2.05, 4.69) is 0 Å². The van der Waals surface area contributed by atoms with Gasteiger partial charge in [-0.25, -0.2) is 8.42 Å². The first-order valence-electron chi connectivity index (χ1n) is 5.79. The van der Waals surface area contributed by atoms with Crippen molar-refractivity contribution in [3.8, 4) is 0 Å². The van der Waals surface area contributed by atoms with Crippen LogP contribution in [-0.4, -0.2) is 8.42 Å². The molecule has 5 heteroatoms. The van der Waals surface area contributed by atoms with Crippen molar-refractivity contribution in [1.82, 2.24) is 0 Å². The zero-order valence-corrected chi connectivity index (χ0v) is 11.7. The third kappa shape index (κ3) is 2.42. The first-order valence-corrected chi connectivity index (χ1v) is 7.28. The van der Waals surface area contributed by atoms with Gasteiger partial charge in [0.05, 0.1) is 16.3 Å². The van der Waals surface area contributed by atoms with E-state index in [0.29, 0.717) is 0 Å². The Labute approximate surface area is 113 Å². The molecule has 0 saturated carbocycles. The molecule has 0 aliphatic carbocycles. The van der Waals surface area contributed by atoms with Crippen molar-refractivity contribution in [2.45, 2.75) is 23.6 Å². The molecular formula is C14H16N2O2S. The maximum atomic E-state index is 12.6. The number of benzene rings is 2. The van der Waals surface area contributed by atoms with Crippen LogP contribution in [0.5, 0.6) is 0 Å². The van der Waals surface area contributed by atoms with E-state index in [1.165, 1.54) is 12.1 Å². The van der Waals surface area contributed by atoms with E-state index < -0.39 is 9.84 Å². The molecule has 0 saturated heterocycles. The molecule has 0 atom stereocenters. The van der Waals surface area contributed by atoms with Crippen molar-refractivity contribution in [1.29, 1.82) is 0 Å². The van der Waals surface area contributed by atoms with Crippen molar-refractivity contribution in [2.24, 2.45) is 0 Å². The smallest absolute Gasteiger partial charge is 0.210 e. The van der Waals surface area contributed by atoms with Crippen molar-refractivity contribution < 1.29 is 8.42 Å². The summed E-state index contributed by atoms with van der Waals surface area (Å²) >= 11 is 0. The molecule has 0 spiro atoms. The SMILES string of the molecule is Cc1cc(C)cc(S(=O)(=O)c2c(N)cccc2N)c1. The van der Waals surface area contributed by atoms with E-state index >= 15 is 0 Å². The molecule has 0 heterocycles. The summed E-state index contributed by atoms with van der Waals surface area (Å²) in [5.74, 6) is 0. The molecule has 0 aliphatic rings. The summed E-state index contributed by atoms with van der Waals surface area (Å²) in [7, 11) is -3.70. The number of hydrogen-bond acceptors (Lipinski definition) is 4. The van der Waals surface area contributed by atoms with Crippen LogP contribution in [0.1, 0.15) is 11.1 Å². The number of nitrogens with two attached hydrogens (primary N) is 2. The van der Waals surface area contributed by atoms with Gasteiger partial charge >= 0.3 is 0 Å². The number of sulfone groups is 1. The largest absolute Gasteiger partial charge is 0.398 e. The minimum Gasteiger partial charge on any atom is -0.398 e. The highest BCUT2D eigenvalue weighted by molar-refractivity contribution is 7.91. The van der Waals surface area contributed by atoms with E-state index in [4.69, 9.17) is 11.5 Å². The second-order valence-electron chi connectivity index (χ2n) is 4.59. The van der Waals surface area contributed by atoms with Gasteiger partial charge in [0.25, 0.3) is 0 Å². The van der Waals surface area contributed by atoms with Gasteiger partial charge in [0.1, 0.15) is 4.90 Å². The van der Waals surface area contributed by atoms with Crippen molar-refractivity contribution >= 4 is 21.2 Å². The standard InChI is InChI=1S/C14H16N2O2S/c1-9-6-10(2)8-11(7-9)19(17,18)14-12(15)4-3-5-13(14)16/h3-8H,15-16H2,1-2H3. The molecule has 2 aromatic rings. The fourth-order valence-electron chi connectivity index (χ4n) is 2.09. The lowest BCUT2D eigenvalue weighted by molar-refractivity contribution is 0.596. The highest BCUT2D eigenvalue weighted by Gasteiger charge is 2.23. The summed E-state index contributed by atoms with van der Waals surface area (Å²) in [6, 6.07) is 9.85. The topological polar surface area (TPSA) is 86.2 Å². The van der Waals surface area contributed by atoms with E-state index in [1.54, 1.807) is 18.2 Å². The third-order valence-electron chi connectivity index (χ3n) is 2.85. The fourth-order valence-corrected chi connectivity index (χ4v) is 3.76. The number of hydrogen-bond donors (Lipinski definition) is 2. The number of aryl methyl sites for hydroxylation is 2. The Balaban J connectivity index is 2.73. The van der Waals surface area contributed by atoms with Crippen LogP contribution in [0, 0.1) is 13.8 Å². The van der Waals surface area contributed by atoms with Gasteiger partial charge in [0, 0.05) is 0 Å². The van der Waals surface area contributed by atoms with E-state index in [-0.39, 0.29) is 21.2 Å². The van der Waals surface area contributed by atoms with Gasteiger partial charge in [-0.2, -0.15) is 0 Å². The Morgan fingerprint density at radius 1 is 0.895 bits per heavy atom. The number of anilines is 2. The Hall–Kier alpha value is -2.01. The lowest BCUT2D eigenvalue weighted by Crippen LogP contribution is -2.09. The van der Waals surface area contributed by atoms with Gasteiger partial charge in [0.2, 0.25) is 9.84 Å². The molecule has 0 amide bonds. The summed E-state index contributed by atoms with van der Waals surface area (Å²) in [5, 5.41) is 0. The predicted molar refractivity (Wildman–Crippen MR) is 76.6 cm³/mol. The van der Waals surface area contributed by atoms with Crippen LogP contribution in [0.25, 0.3) is 0 Å². The van der Waals surface area contributed by atoms with Crippen molar-refractivity contribution in [3.05, 3.63) is 47.5 Å². The van der Waals surface area contributed by atoms with Gasteiger partial charge in [0.15, 0.2) is 0 Å². The van der Waals surface area contributed by atoms with Crippen LogP contribution < -0.4 is 11.5 Å². The Morgan fingerprint density at radius 3 is 1.84 bits per heavy atom. The van der Waals surface area contributed by atoms with Gasteiger partial charge in [-0.15, -0.1) is 0 Å². The average molecular weight is 276 g/mol. The number of nitrogen functional groups attached to an aromatic ring is 2. The molecule has 19 heavy (non-hydrogen) atoms. The minimum atomic E-state index is -3.70. The molecule has 0 unspecified atom stereocenters. The van der Waals surface area contributed by atoms with Crippen LogP contribution in [0.15, 0.2) is 46.2 Å². The highest BCUT2D eigenvalue weighted by Crippen LogP contribution is 2.31. The average Bonchev–Trinajstić information content (AvgIpc) is 2.26. The number of rotatable bonds is 2. The molecule has 100 valence electrons. The summed E-state index contributed by atoms with van der Waals surface area (Å²) in [5.41, 5.74) is 13.6. The zero-order chi connectivity index (χ0) is 14.2. The zero-order valence-electron chi connectivity index (χ0n) is 10.8. The van der Waals surface area contributed by atoms with E-state index in [1.807, 2.05) is 19.9 Å². The molecule has 0 fully saturated rings. The summed E-state index contributed by atoms with van der Waals surface area (Å²) < 4.78 is 25.2. The summed E-state index contributed by atoms with van der Waals surface area (Å²) in [4.78, 5) is 0.203. The Bertz CT molecular complexity index is 697. The Kier molecular flexibility index (Phi) is 3.24. The lowest BCUT2D eigenvalue weighted by atomic mass is 10.2. The van der Waals surface area contributed by atoms with Crippen LogP contribution in [0.4, 0.5) is 11.4 Å². The molecule has 4 nitrogen and oxygen atoms in total. The second-order valence-corrected chi connectivity index (χ2v) is 6.48. The normalized spacial score (nSPS) is 11.5. The second kappa shape index (κ2) is 4.59. The highest BCUT2D eigenvalue weighted by atomic mass is 32.2. The minimum absolute atomic E-state index is 0.0139. The molecule has 0 bridgehead atoms. The monoisotopic (exact) mass is 276 g/mol. The van der Waals surface area contributed by atoms with E-state index in [9.17, 15) is 8.42 Å². The van der Waals surface area contributed by atoms with Gasteiger partial charge in [-0.05, 0) is 49.2 Å². The maximum Gasteiger partial charge on any atom is 0.210 e. The molecule has 0 radical (unpaired) electrons. The lowest BCUT2D eigenvalue weighted by Gasteiger charge is -2.11. The first kappa shape index (κ1) is 13.4. The van der Waals surface area contributed by atoms with Crippen LogP contribution in [0.3, 0.4) is 0 Å². The summed E-state index contributed by atoms with van der Waals surface area (Å²) in [6.07, 6.45) is 0. The van der Waals surface area contributed by atoms with E-state index in [0.717, 1.165) is 11.1 Å². The molecule has 2 rings (SSSR count). The quantitative estimate of drug-likeness (QED) is 0.824. The van der Waals surface area contributed by atoms with Gasteiger partial charge < -0.3 is 11.5 Å². The molecular weight excluding hydrogens is 260 g/mol. The first-order chi connectivity index (χ1) is 8.82. The third-order valence-corrected chi connectivity index (χ3v) is 4.72. The molecule has 2 aromatic carbocycles. The predicted octanol–water partition coefficient (Wildman–Crippen LogP) is 2.30.